The number of nitrogens with zero attached hydrogens (tertiary/aromatic N) is 2. The Kier molecular flexibility index (Phi) is 5.48. The number of aryl methyl sites for hydroxylation is 1. The predicted molar refractivity (Wildman–Crippen MR) is 100 cm³/mol. The minimum absolute atomic E-state index is 0.0927. The Morgan fingerprint density at radius 3 is 2.60 bits per heavy atom. The van der Waals surface area contributed by atoms with Crippen molar-refractivity contribution in [3.8, 4) is 10.6 Å². The zero-order chi connectivity index (χ0) is 17.9. The molecule has 0 atom stereocenters. The molecular weight excluding hydrogens is 378 g/mol. The zero-order valence-corrected chi connectivity index (χ0v) is 15.8. The molecule has 2 heterocycles. The quantitative estimate of drug-likeness (QED) is 0.693. The molecule has 0 aliphatic carbocycles. The Bertz CT molecular complexity index is 973. The molecule has 0 amide bonds. The summed E-state index contributed by atoms with van der Waals surface area (Å²) < 4.78 is 27.3. The number of pyridine rings is 1. The first-order valence-electron chi connectivity index (χ1n) is 7.58. The first-order chi connectivity index (χ1) is 12.0. The minimum atomic E-state index is -3.63. The van der Waals surface area contributed by atoms with Crippen LogP contribution in [0, 0.1) is 6.92 Å². The highest BCUT2D eigenvalue weighted by molar-refractivity contribution is 7.89. The predicted octanol–water partition coefficient (Wildman–Crippen LogP) is 3.69. The van der Waals surface area contributed by atoms with Gasteiger partial charge in [0.2, 0.25) is 10.0 Å². The van der Waals surface area contributed by atoms with Crippen molar-refractivity contribution in [1.29, 1.82) is 0 Å². The van der Waals surface area contributed by atoms with Crippen molar-refractivity contribution in [2.75, 3.05) is 6.54 Å². The van der Waals surface area contributed by atoms with Gasteiger partial charge in [0.25, 0.3) is 0 Å². The van der Waals surface area contributed by atoms with E-state index in [2.05, 4.69) is 14.7 Å². The molecule has 1 aromatic carbocycles. The van der Waals surface area contributed by atoms with Gasteiger partial charge < -0.3 is 0 Å². The molecule has 0 fully saturated rings. The van der Waals surface area contributed by atoms with Crippen LogP contribution in [0.2, 0.25) is 5.02 Å². The van der Waals surface area contributed by atoms with E-state index in [1.54, 1.807) is 41.9 Å². The highest BCUT2D eigenvalue weighted by Crippen LogP contribution is 2.27. The fourth-order valence-corrected chi connectivity index (χ4v) is 4.93. The molecule has 0 saturated carbocycles. The van der Waals surface area contributed by atoms with Gasteiger partial charge in [-0.1, -0.05) is 23.7 Å². The monoisotopic (exact) mass is 393 g/mol. The number of benzene rings is 1. The molecule has 3 rings (SSSR count). The van der Waals surface area contributed by atoms with Gasteiger partial charge in [-0.05, 0) is 37.6 Å². The number of halogens is 1. The number of sulfonamides is 1. The Balaban J connectivity index is 1.69. The van der Waals surface area contributed by atoms with Crippen LogP contribution in [0.1, 0.15) is 10.6 Å². The summed E-state index contributed by atoms with van der Waals surface area (Å²) in [5.74, 6) is 0. The van der Waals surface area contributed by atoms with Crippen LogP contribution in [0.4, 0.5) is 0 Å². The highest BCUT2D eigenvalue weighted by atomic mass is 35.5. The zero-order valence-electron chi connectivity index (χ0n) is 13.4. The minimum Gasteiger partial charge on any atom is -0.265 e. The third-order valence-corrected chi connectivity index (χ3v) is 6.82. The fourth-order valence-electron chi connectivity index (χ4n) is 2.32. The summed E-state index contributed by atoms with van der Waals surface area (Å²) in [6.07, 6.45) is 4.02. The second-order valence-corrected chi connectivity index (χ2v) is 8.57. The first kappa shape index (κ1) is 18.0. The molecule has 130 valence electrons. The molecule has 3 aromatic rings. The van der Waals surface area contributed by atoms with E-state index < -0.39 is 10.0 Å². The first-order valence-corrected chi connectivity index (χ1v) is 10.3. The lowest BCUT2D eigenvalue weighted by atomic mass is 10.3. The van der Waals surface area contributed by atoms with Crippen molar-refractivity contribution in [3.05, 3.63) is 64.4 Å². The number of hydrogen-bond donors (Lipinski definition) is 1. The van der Waals surface area contributed by atoms with E-state index >= 15 is 0 Å². The normalized spacial score (nSPS) is 11.6. The maximum Gasteiger partial charge on any atom is 0.242 e. The maximum absolute atomic E-state index is 12.3. The van der Waals surface area contributed by atoms with Crippen LogP contribution in [0.25, 0.3) is 10.6 Å². The standard InChI is InChI=1S/C17H16ClN3O2S2/c1-12-15(24-17(21-12)13-6-9-19-10-7-13)8-11-20-25(22,23)16-5-3-2-4-14(16)18/h2-7,9-10,20H,8,11H2,1H3. The van der Waals surface area contributed by atoms with Crippen molar-refractivity contribution >= 4 is 33.0 Å². The third-order valence-electron chi connectivity index (χ3n) is 3.59. The summed E-state index contributed by atoms with van der Waals surface area (Å²) in [6, 6.07) is 10.2. The Labute approximate surface area is 155 Å². The second kappa shape index (κ2) is 7.61. The summed E-state index contributed by atoms with van der Waals surface area (Å²) in [4.78, 5) is 9.71. The smallest absolute Gasteiger partial charge is 0.242 e. The molecule has 8 heteroatoms. The Hall–Kier alpha value is -1.80. The van der Waals surface area contributed by atoms with Gasteiger partial charge in [-0.15, -0.1) is 11.3 Å². The molecule has 0 spiro atoms. The molecule has 0 unspecified atom stereocenters. The third kappa shape index (κ3) is 4.24. The van der Waals surface area contributed by atoms with Gasteiger partial charge in [0, 0.05) is 29.4 Å². The lowest BCUT2D eigenvalue weighted by molar-refractivity contribution is 0.582. The summed E-state index contributed by atoms with van der Waals surface area (Å²) >= 11 is 7.53. The van der Waals surface area contributed by atoms with Gasteiger partial charge in [0.05, 0.1) is 10.7 Å². The molecule has 0 bridgehead atoms. The average Bonchev–Trinajstić information content (AvgIpc) is 2.97. The number of rotatable bonds is 6. The van der Waals surface area contributed by atoms with Crippen LogP contribution in [0.3, 0.4) is 0 Å². The molecule has 1 N–H and O–H groups in total. The molecule has 0 saturated heterocycles. The molecule has 0 aliphatic rings. The van der Waals surface area contributed by atoms with Gasteiger partial charge in [0.15, 0.2) is 0 Å². The Morgan fingerprint density at radius 2 is 1.88 bits per heavy atom. The highest BCUT2D eigenvalue weighted by Gasteiger charge is 2.17. The summed E-state index contributed by atoms with van der Waals surface area (Å²) in [6.45, 7) is 2.21. The SMILES string of the molecule is Cc1nc(-c2ccncc2)sc1CCNS(=O)(=O)c1ccccc1Cl. The number of nitrogens with one attached hydrogen (secondary N) is 1. The summed E-state index contributed by atoms with van der Waals surface area (Å²) in [5.41, 5.74) is 1.92. The van der Waals surface area contributed by atoms with E-state index in [-0.39, 0.29) is 16.5 Å². The van der Waals surface area contributed by atoms with Crippen LogP contribution in [-0.2, 0) is 16.4 Å². The van der Waals surface area contributed by atoms with Crippen LogP contribution in [0.15, 0.2) is 53.7 Å². The van der Waals surface area contributed by atoms with Gasteiger partial charge >= 0.3 is 0 Å². The lowest BCUT2D eigenvalue weighted by Crippen LogP contribution is -2.26. The van der Waals surface area contributed by atoms with Gasteiger partial charge in [-0.25, -0.2) is 18.1 Å². The van der Waals surface area contributed by atoms with Gasteiger partial charge in [-0.3, -0.25) is 4.98 Å². The van der Waals surface area contributed by atoms with Crippen molar-refractivity contribution < 1.29 is 8.42 Å². The maximum atomic E-state index is 12.3. The van der Waals surface area contributed by atoms with Crippen molar-refractivity contribution in [3.63, 3.8) is 0 Å². The Morgan fingerprint density at radius 1 is 1.16 bits per heavy atom. The van der Waals surface area contributed by atoms with Gasteiger partial charge in [0.1, 0.15) is 9.90 Å². The van der Waals surface area contributed by atoms with E-state index in [1.807, 2.05) is 19.1 Å². The number of thiazole rings is 1. The molecule has 25 heavy (non-hydrogen) atoms. The van der Waals surface area contributed by atoms with E-state index in [4.69, 9.17) is 11.6 Å². The summed E-state index contributed by atoms with van der Waals surface area (Å²) in [7, 11) is -3.63. The second-order valence-electron chi connectivity index (χ2n) is 5.34. The van der Waals surface area contributed by atoms with Gasteiger partial charge in [-0.2, -0.15) is 0 Å². The largest absolute Gasteiger partial charge is 0.265 e. The summed E-state index contributed by atoms with van der Waals surface area (Å²) in [5, 5.41) is 1.12. The van der Waals surface area contributed by atoms with E-state index in [0.29, 0.717) is 6.42 Å². The van der Waals surface area contributed by atoms with Crippen LogP contribution < -0.4 is 4.72 Å². The molecule has 2 aromatic heterocycles. The molecule has 0 radical (unpaired) electrons. The lowest BCUT2D eigenvalue weighted by Gasteiger charge is -2.07. The van der Waals surface area contributed by atoms with Crippen LogP contribution in [0.5, 0.6) is 0 Å². The number of hydrogen-bond acceptors (Lipinski definition) is 5. The van der Waals surface area contributed by atoms with Crippen molar-refractivity contribution in [1.82, 2.24) is 14.7 Å². The molecule has 5 nitrogen and oxygen atoms in total. The van der Waals surface area contributed by atoms with Crippen LogP contribution >= 0.6 is 22.9 Å². The van der Waals surface area contributed by atoms with E-state index in [0.717, 1.165) is 21.1 Å². The van der Waals surface area contributed by atoms with Crippen molar-refractivity contribution in [2.24, 2.45) is 0 Å². The van der Waals surface area contributed by atoms with E-state index in [9.17, 15) is 8.42 Å². The molecular formula is C17H16ClN3O2S2. The van der Waals surface area contributed by atoms with E-state index in [1.165, 1.54) is 6.07 Å². The molecule has 0 aliphatic heterocycles. The van der Waals surface area contributed by atoms with Crippen molar-refractivity contribution in [2.45, 2.75) is 18.2 Å². The number of aromatic nitrogens is 2. The average molecular weight is 394 g/mol. The van der Waals surface area contributed by atoms with Crippen LogP contribution in [-0.4, -0.2) is 24.9 Å². The topological polar surface area (TPSA) is 72.0 Å². The fraction of sp³-hybridized carbons (Fsp3) is 0.176.